The standard InChI is InChI=1S/C14H25NO2S/c16-6-2-12-1-5-15(10-12)13-3-7-17-14(9-13)4-8-18-11-14/h12-13,16H,1-11H2. The lowest BCUT2D eigenvalue weighted by atomic mass is 9.89. The number of aliphatic hydroxyl groups is 1. The van der Waals surface area contributed by atoms with E-state index in [1.54, 1.807) is 0 Å². The monoisotopic (exact) mass is 271 g/mol. The molecule has 0 radical (unpaired) electrons. The van der Waals surface area contributed by atoms with Crippen LogP contribution in [0.4, 0.5) is 0 Å². The van der Waals surface area contributed by atoms with Crippen molar-refractivity contribution in [2.24, 2.45) is 5.92 Å². The highest BCUT2D eigenvalue weighted by Crippen LogP contribution is 2.40. The quantitative estimate of drug-likeness (QED) is 0.847. The fourth-order valence-electron chi connectivity index (χ4n) is 3.79. The molecule has 3 aliphatic heterocycles. The molecular weight excluding hydrogens is 246 g/mol. The first-order valence-electron chi connectivity index (χ1n) is 7.38. The van der Waals surface area contributed by atoms with E-state index < -0.39 is 0 Å². The summed E-state index contributed by atoms with van der Waals surface area (Å²) in [6.07, 6.45) is 5.96. The predicted molar refractivity (Wildman–Crippen MR) is 75.0 cm³/mol. The molecule has 0 bridgehead atoms. The zero-order valence-electron chi connectivity index (χ0n) is 11.1. The molecule has 0 amide bonds. The maximum Gasteiger partial charge on any atom is 0.0795 e. The van der Waals surface area contributed by atoms with E-state index in [1.165, 1.54) is 50.3 Å². The van der Waals surface area contributed by atoms with E-state index >= 15 is 0 Å². The van der Waals surface area contributed by atoms with Crippen molar-refractivity contribution in [3.63, 3.8) is 0 Å². The molecule has 0 aromatic carbocycles. The Morgan fingerprint density at radius 2 is 2.33 bits per heavy atom. The molecule has 0 saturated carbocycles. The molecule has 1 N–H and O–H groups in total. The third-order valence-electron chi connectivity index (χ3n) is 4.91. The molecule has 1 spiro atoms. The van der Waals surface area contributed by atoms with Gasteiger partial charge in [-0.05, 0) is 50.3 Å². The molecule has 3 atom stereocenters. The summed E-state index contributed by atoms with van der Waals surface area (Å²) in [5.74, 6) is 3.21. The van der Waals surface area contributed by atoms with Gasteiger partial charge in [-0.2, -0.15) is 11.8 Å². The fourth-order valence-corrected chi connectivity index (χ4v) is 5.17. The van der Waals surface area contributed by atoms with Crippen LogP contribution in [0, 0.1) is 5.92 Å². The first-order chi connectivity index (χ1) is 8.81. The van der Waals surface area contributed by atoms with Gasteiger partial charge in [-0.1, -0.05) is 0 Å². The van der Waals surface area contributed by atoms with Gasteiger partial charge in [-0.15, -0.1) is 0 Å². The minimum atomic E-state index is 0.211. The van der Waals surface area contributed by atoms with Crippen LogP contribution in [0.5, 0.6) is 0 Å². The van der Waals surface area contributed by atoms with Crippen molar-refractivity contribution in [1.82, 2.24) is 4.90 Å². The molecular formula is C14H25NO2S. The molecule has 3 aliphatic rings. The summed E-state index contributed by atoms with van der Waals surface area (Å²) in [4.78, 5) is 2.67. The Morgan fingerprint density at radius 3 is 3.11 bits per heavy atom. The van der Waals surface area contributed by atoms with E-state index in [0.717, 1.165) is 25.0 Å². The second-order valence-corrected chi connectivity index (χ2v) is 7.25. The fraction of sp³-hybridized carbons (Fsp3) is 1.00. The minimum absolute atomic E-state index is 0.211. The number of nitrogens with zero attached hydrogens (tertiary/aromatic N) is 1. The molecule has 0 aromatic rings. The average Bonchev–Trinajstić information content (AvgIpc) is 3.00. The lowest BCUT2D eigenvalue weighted by Gasteiger charge is -2.41. The van der Waals surface area contributed by atoms with Crippen LogP contribution < -0.4 is 0 Å². The number of hydrogen-bond donors (Lipinski definition) is 1. The maximum atomic E-state index is 9.05. The van der Waals surface area contributed by atoms with Crippen molar-refractivity contribution in [3.05, 3.63) is 0 Å². The summed E-state index contributed by atoms with van der Waals surface area (Å²) in [6, 6.07) is 0.737. The third-order valence-corrected chi connectivity index (χ3v) is 6.13. The number of aliphatic hydroxyl groups excluding tert-OH is 1. The molecule has 3 rings (SSSR count). The van der Waals surface area contributed by atoms with Crippen LogP contribution in [0.3, 0.4) is 0 Å². The molecule has 104 valence electrons. The Bertz CT molecular complexity index is 281. The van der Waals surface area contributed by atoms with Crippen molar-refractivity contribution >= 4 is 11.8 Å². The van der Waals surface area contributed by atoms with Gasteiger partial charge in [-0.25, -0.2) is 0 Å². The second kappa shape index (κ2) is 5.70. The van der Waals surface area contributed by atoms with Gasteiger partial charge < -0.3 is 9.84 Å². The van der Waals surface area contributed by atoms with Gasteiger partial charge in [0.2, 0.25) is 0 Å². The number of ether oxygens (including phenoxy) is 1. The Labute approximate surface area is 114 Å². The van der Waals surface area contributed by atoms with Crippen molar-refractivity contribution in [2.75, 3.05) is 37.8 Å². The topological polar surface area (TPSA) is 32.7 Å². The van der Waals surface area contributed by atoms with Crippen LogP contribution in [-0.2, 0) is 4.74 Å². The molecule has 0 aromatic heterocycles. The van der Waals surface area contributed by atoms with E-state index in [0.29, 0.717) is 6.61 Å². The summed E-state index contributed by atoms with van der Waals surface area (Å²) in [5, 5.41) is 9.05. The molecule has 3 unspecified atom stereocenters. The average molecular weight is 271 g/mol. The van der Waals surface area contributed by atoms with E-state index in [2.05, 4.69) is 16.7 Å². The highest BCUT2D eigenvalue weighted by molar-refractivity contribution is 7.99. The van der Waals surface area contributed by atoms with Crippen molar-refractivity contribution < 1.29 is 9.84 Å². The molecule has 18 heavy (non-hydrogen) atoms. The van der Waals surface area contributed by atoms with Gasteiger partial charge in [0, 0.05) is 31.6 Å². The van der Waals surface area contributed by atoms with Crippen LogP contribution in [-0.4, -0.2) is 59.5 Å². The largest absolute Gasteiger partial charge is 0.396 e. The summed E-state index contributed by atoms with van der Waals surface area (Å²) in [7, 11) is 0. The highest BCUT2D eigenvalue weighted by atomic mass is 32.2. The Morgan fingerprint density at radius 1 is 1.39 bits per heavy atom. The number of thioether (sulfide) groups is 1. The smallest absolute Gasteiger partial charge is 0.0795 e. The van der Waals surface area contributed by atoms with Gasteiger partial charge in [0.25, 0.3) is 0 Å². The van der Waals surface area contributed by atoms with Gasteiger partial charge >= 0.3 is 0 Å². The molecule has 3 nitrogen and oxygen atoms in total. The Kier molecular flexibility index (Phi) is 4.18. The molecule has 0 aliphatic carbocycles. The normalized spacial score (nSPS) is 41.8. The third kappa shape index (κ3) is 2.72. The summed E-state index contributed by atoms with van der Waals surface area (Å²) >= 11 is 2.06. The summed E-state index contributed by atoms with van der Waals surface area (Å²) in [6.45, 7) is 3.74. The number of likely N-dealkylation sites (tertiary alicyclic amines) is 1. The van der Waals surface area contributed by atoms with Crippen LogP contribution >= 0.6 is 11.8 Å². The van der Waals surface area contributed by atoms with Gasteiger partial charge in [0.15, 0.2) is 0 Å². The van der Waals surface area contributed by atoms with E-state index in [1.807, 2.05) is 0 Å². The number of rotatable bonds is 3. The van der Waals surface area contributed by atoms with Crippen molar-refractivity contribution in [3.8, 4) is 0 Å². The Hall–Kier alpha value is 0.230. The SMILES string of the molecule is OCCC1CCN(C2CCOC3(CCSC3)C2)C1. The minimum Gasteiger partial charge on any atom is -0.396 e. The van der Waals surface area contributed by atoms with E-state index in [-0.39, 0.29) is 5.60 Å². The molecule has 3 heterocycles. The molecule has 3 fully saturated rings. The lowest BCUT2D eigenvalue weighted by molar-refractivity contribution is -0.0872. The summed E-state index contributed by atoms with van der Waals surface area (Å²) < 4.78 is 6.10. The Balaban J connectivity index is 1.56. The highest BCUT2D eigenvalue weighted by Gasteiger charge is 2.42. The number of hydrogen-bond acceptors (Lipinski definition) is 4. The van der Waals surface area contributed by atoms with E-state index in [4.69, 9.17) is 9.84 Å². The van der Waals surface area contributed by atoms with Gasteiger partial charge in [0.1, 0.15) is 0 Å². The maximum absolute atomic E-state index is 9.05. The second-order valence-electron chi connectivity index (χ2n) is 6.14. The predicted octanol–water partition coefficient (Wildman–Crippen LogP) is 1.75. The molecule has 4 heteroatoms. The van der Waals surface area contributed by atoms with Crippen LogP contribution in [0.25, 0.3) is 0 Å². The van der Waals surface area contributed by atoms with Crippen molar-refractivity contribution in [2.45, 2.75) is 43.7 Å². The van der Waals surface area contributed by atoms with Gasteiger partial charge in [-0.3, -0.25) is 4.90 Å². The lowest BCUT2D eigenvalue weighted by Crippen LogP contribution is -2.48. The first kappa shape index (κ1) is 13.2. The van der Waals surface area contributed by atoms with Crippen LogP contribution in [0.2, 0.25) is 0 Å². The van der Waals surface area contributed by atoms with Crippen LogP contribution in [0.1, 0.15) is 32.1 Å². The van der Waals surface area contributed by atoms with Gasteiger partial charge in [0.05, 0.1) is 5.60 Å². The summed E-state index contributed by atoms with van der Waals surface area (Å²) in [5.41, 5.74) is 0.211. The van der Waals surface area contributed by atoms with Crippen LogP contribution in [0.15, 0.2) is 0 Å². The van der Waals surface area contributed by atoms with Crippen molar-refractivity contribution in [1.29, 1.82) is 0 Å². The zero-order chi connectivity index (χ0) is 12.4. The zero-order valence-corrected chi connectivity index (χ0v) is 12.0. The first-order valence-corrected chi connectivity index (χ1v) is 8.53. The molecule has 3 saturated heterocycles. The van der Waals surface area contributed by atoms with E-state index in [9.17, 15) is 0 Å².